The third-order valence-electron chi connectivity index (χ3n) is 4.79. The van der Waals surface area contributed by atoms with Crippen molar-refractivity contribution in [1.29, 1.82) is 0 Å². The van der Waals surface area contributed by atoms with Gasteiger partial charge in [-0.05, 0) is 43.5 Å². The van der Waals surface area contributed by atoms with E-state index in [2.05, 4.69) is 5.10 Å². The van der Waals surface area contributed by atoms with Crippen LogP contribution in [0.5, 0.6) is 0 Å². The first kappa shape index (κ1) is 17.6. The van der Waals surface area contributed by atoms with E-state index >= 15 is 0 Å². The molecule has 0 saturated carbocycles. The van der Waals surface area contributed by atoms with E-state index in [9.17, 15) is 14.3 Å². The van der Waals surface area contributed by atoms with Crippen molar-refractivity contribution in [3.63, 3.8) is 0 Å². The van der Waals surface area contributed by atoms with Gasteiger partial charge < -0.3 is 10.0 Å². The second-order valence-electron chi connectivity index (χ2n) is 6.76. The van der Waals surface area contributed by atoms with Crippen molar-refractivity contribution in [2.24, 2.45) is 5.92 Å². The zero-order valence-electron chi connectivity index (χ0n) is 14.4. The first-order chi connectivity index (χ1) is 12.0. The second kappa shape index (κ2) is 7.78. The number of aryl methyl sites for hydroxylation is 2. The van der Waals surface area contributed by atoms with Gasteiger partial charge in [0.25, 0.3) is 0 Å². The molecule has 1 aliphatic heterocycles. The van der Waals surface area contributed by atoms with Crippen molar-refractivity contribution in [1.82, 2.24) is 14.7 Å². The van der Waals surface area contributed by atoms with Crippen LogP contribution in [-0.4, -0.2) is 44.9 Å². The molecular weight excluding hydrogens is 321 g/mol. The molecule has 1 N–H and O–H groups in total. The summed E-state index contributed by atoms with van der Waals surface area (Å²) in [5.41, 5.74) is 1.92. The third-order valence-corrected chi connectivity index (χ3v) is 4.79. The van der Waals surface area contributed by atoms with E-state index in [-0.39, 0.29) is 17.6 Å². The number of carbonyl (C=O) groups is 1. The molecule has 134 valence electrons. The number of aliphatic hydroxyl groups excluding tert-OH is 1. The maximum Gasteiger partial charge on any atom is 0.224 e. The Balaban J connectivity index is 1.55. The lowest BCUT2D eigenvalue weighted by atomic mass is 9.88. The van der Waals surface area contributed by atoms with Crippen LogP contribution in [0.2, 0.25) is 0 Å². The molecule has 1 aliphatic rings. The Kier molecular flexibility index (Phi) is 5.48. The summed E-state index contributed by atoms with van der Waals surface area (Å²) < 4.78 is 14.8. The van der Waals surface area contributed by atoms with Crippen LogP contribution >= 0.6 is 0 Å². The average molecular weight is 345 g/mol. The number of benzene rings is 1. The van der Waals surface area contributed by atoms with Gasteiger partial charge in [-0.1, -0.05) is 12.1 Å². The van der Waals surface area contributed by atoms with Crippen LogP contribution < -0.4 is 0 Å². The van der Waals surface area contributed by atoms with Crippen molar-refractivity contribution >= 4 is 5.91 Å². The molecule has 1 aromatic carbocycles. The molecule has 1 fully saturated rings. The van der Waals surface area contributed by atoms with Gasteiger partial charge >= 0.3 is 0 Å². The zero-order valence-corrected chi connectivity index (χ0v) is 14.4. The molecule has 1 aromatic heterocycles. The van der Waals surface area contributed by atoms with Gasteiger partial charge in [0, 0.05) is 38.2 Å². The molecule has 5 nitrogen and oxygen atoms in total. The van der Waals surface area contributed by atoms with Gasteiger partial charge in [0.15, 0.2) is 0 Å². The normalized spacial score (nSPS) is 20.7. The molecule has 0 unspecified atom stereocenters. The predicted octanol–water partition coefficient (Wildman–Crippen LogP) is 2.17. The van der Waals surface area contributed by atoms with Crippen molar-refractivity contribution in [2.75, 3.05) is 13.1 Å². The number of carbonyl (C=O) groups excluding carboxylic acids is 1. The lowest BCUT2D eigenvalue weighted by Gasteiger charge is -2.36. The van der Waals surface area contributed by atoms with Crippen molar-refractivity contribution in [3.05, 3.63) is 53.6 Å². The number of likely N-dealkylation sites (tertiary alicyclic amines) is 1. The first-order valence-electron chi connectivity index (χ1n) is 8.71. The van der Waals surface area contributed by atoms with Crippen LogP contribution in [0.4, 0.5) is 4.39 Å². The minimum atomic E-state index is -0.428. The molecule has 0 aliphatic carbocycles. The summed E-state index contributed by atoms with van der Waals surface area (Å²) in [6.07, 6.45) is 3.07. The van der Waals surface area contributed by atoms with Crippen LogP contribution in [-0.2, 0) is 17.8 Å². The van der Waals surface area contributed by atoms with Gasteiger partial charge in [0.2, 0.25) is 5.91 Å². The summed E-state index contributed by atoms with van der Waals surface area (Å²) in [4.78, 5) is 14.3. The Bertz CT molecular complexity index is 714. The quantitative estimate of drug-likeness (QED) is 0.904. The van der Waals surface area contributed by atoms with Gasteiger partial charge in [-0.25, -0.2) is 4.39 Å². The molecule has 6 heteroatoms. The molecule has 2 heterocycles. The number of nitrogens with zero attached hydrogens (tertiary/aromatic N) is 3. The Hall–Kier alpha value is -2.21. The molecule has 2 aromatic rings. The summed E-state index contributed by atoms with van der Waals surface area (Å²) in [5, 5.41) is 14.6. The highest BCUT2D eigenvalue weighted by Gasteiger charge is 2.30. The highest BCUT2D eigenvalue weighted by atomic mass is 19.1. The highest BCUT2D eigenvalue weighted by Crippen LogP contribution is 2.22. The zero-order chi connectivity index (χ0) is 17.8. The molecular formula is C19H24FN3O2. The number of hydrogen-bond acceptors (Lipinski definition) is 3. The number of amides is 1. The Morgan fingerprint density at radius 1 is 1.32 bits per heavy atom. The van der Waals surface area contributed by atoms with Crippen molar-refractivity contribution in [3.8, 4) is 0 Å². The van der Waals surface area contributed by atoms with E-state index in [0.29, 0.717) is 38.9 Å². The van der Waals surface area contributed by atoms with Gasteiger partial charge in [-0.2, -0.15) is 5.10 Å². The van der Waals surface area contributed by atoms with E-state index < -0.39 is 6.10 Å². The SMILES string of the molecule is Cc1ccn(CCC(=O)N2CC[C@@H](O)[C@H](Cc3ccc(F)cc3)C2)n1. The lowest BCUT2D eigenvalue weighted by molar-refractivity contribution is -0.135. The van der Waals surface area contributed by atoms with E-state index in [1.807, 2.05) is 24.1 Å². The first-order valence-corrected chi connectivity index (χ1v) is 8.71. The standard InChI is InChI=1S/C19H24FN3O2/c1-14-6-10-23(21-14)11-8-19(25)22-9-7-18(24)16(13-22)12-15-2-4-17(20)5-3-15/h2-6,10,16,18,24H,7-9,11-13H2,1H3/t16-,18-/m1/s1. The van der Waals surface area contributed by atoms with Crippen LogP contribution in [0.15, 0.2) is 36.5 Å². The number of aromatic nitrogens is 2. The third kappa shape index (κ3) is 4.66. The summed E-state index contributed by atoms with van der Waals surface area (Å²) >= 11 is 0. The number of piperidine rings is 1. The fourth-order valence-electron chi connectivity index (χ4n) is 3.33. The maximum atomic E-state index is 13.0. The topological polar surface area (TPSA) is 58.4 Å². The number of halogens is 1. The van der Waals surface area contributed by atoms with Gasteiger partial charge in [-0.3, -0.25) is 9.48 Å². The Morgan fingerprint density at radius 3 is 2.76 bits per heavy atom. The predicted molar refractivity (Wildman–Crippen MR) is 92.4 cm³/mol. The molecule has 1 amide bonds. The average Bonchev–Trinajstić information content (AvgIpc) is 3.02. The van der Waals surface area contributed by atoms with Crippen LogP contribution in [0.3, 0.4) is 0 Å². The summed E-state index contributed by atoms with van der Waals surface area (Å²) in [5.74, 6) is -0.196. The summed E-state index contributed by atoms with van der Waals surface area (Å²) in [7, 11) is 0. The fourth-order valence-corrected chi connectivity index (χ4v) is 3.33. The summed E-state index contributed by atoms with van der Waals surface area (Å²) in [6.45, 7) is 3.60. The minimum Gasteiger partial charge on any atom is -0.393 e. The van der Waals surface area contributed by atoms with Crippen molar-refractivity contribution < 1.29 is 14.3 Å². The molecule has 0 spiro atoms. The van der Waals surface area contributed by atoms with E-state index in [1.54, 1.807) is 16.8 Å². The van der Waals surface area contributed by atoms with Crippen LogP contribution in [0.25, 0.3) is 0 Å². The van der Waals surface area contributed by atoms with Crippen molar-refractivity contribution in [2.45, 2.75) is 38.8 Å². The largest absolute Gasteiger partial charge is 0.393 e. The Labute approximate surface area is 147 Å². The number of hydrogen-bond donors (Lipinski definition) is 1. The second-order valence-corrected chi connectivity index (χ2v) is 6.76. The number of aliphatic hydroxyl groups is 1. The van der Waals surface area contributed by atoms with E-state index in [1.165, 1.54) is 12.1 Å². The molecule has 0 bridgehead atoms. The van der Waals surface area contributed by atoms with Gasteiger partial charge in [0.05, 0.1) is 11.8 Å². The molecule has 1 saturated heterocycles. The van der Waals surface area contributed by atoms with Gasteiger partial charge in [0.1, 0.15) is 5.82 Å². The fraction of sp³-hybridized carbons (Fsp3) is 0.474. The van der Waals surface area contributed by atoms with E-state index in [4.69, 9.17) is 0 Å². The molecule has 25 heavy (non-hydrogen) atoms. The van der Waals surface area contributed by atoms with Crippen LogP contribution in [0, 0.1) is 18.7 Å². The molecule has 0 radical (unpaired) electrons. The van der Waals surface area contributed by atoms with Gasteiger partial charge in [-0.15, -0.1) is 0 Å². The molecule has 2 atom stereocenters. The van der Waals surface area contributed by atoms with Crippen LogP contribution in [0.1, 0.15) is 24.1 Å². The maximum absolute atomic E-state index is 13.0. The number of rotatable bonds is 5. The minimum absolute atomic E-state index is 0.0184. The Morgan fingerprint density at radius 2 is 2.08 bits per heavy atom. The highest BCUT2D eigenvalue weighted by molar-refractivity contribution is 5.76. The monoisotopic (exact) mass is 345 g/mol. The summed E-state index contributed by atoms with van der Waals surface area (Å²) in [6, 6.07) is 8.26. The lowest BCUT2D eigenvalue weighted by Crippen LogP contribution is -2.46. The smallest absolute Gasteiger partial charge is 0.224 e. The van der Waals surface area contributed by atoms with E-state index in [0.717, 1.165) is 11.3 Å². The molecule has 3 rings (SSSR count).